The molecular weight excluding hydrogens is 284 g/mol. The van der Waals surface area contributed by atoms with Crippen molar-refractivity contribution in [1.29, 1.82) is 0 Å². The predicted molar refractivity (Wildman–Crippen MR) is 85.4 cm³/mol. The number of H-pyrrole nitrogens is 1. The number of hydrogen-bond donors (Lipinski definition) is 2. The molecule has 0 bridgehead atoms. The molecule has 2 heterocycles. The summed E-state index contributed by atoms with van der Waals surface area (Å²) in [5.74, 6) is 0. The molecule has 1 saturated heterocycles. The lowest BCUT2D eigenvalue weighted by molar-refractivity contribution is 0.350. The third kappa shape index (κ3) is 2.77. The number of para-hydroxylation sites is 1. The van der Waals surface area contributed by atoms with Crippen molar-refractivity contribution in [2.24, 2.45) is 0 Å². The average Bonchev–Trinajstić information content (AvgIpc) is 3.16. The summed E-state index contributed by atoms with van der Waals surface area (Å²) in [6, 6.07) is 10.5. The molecular formula is C17H17ClN2O. The number of rotatable bonds is 4. The zero-order valence-electron chi connectivity index (χ0n) is 11.6. The van der Waals surface area contributed by atoms with Gasteiger partial charge >= 0.3 is 0 Å². The molecule has 1 aliphatic heterocycles. The molecule has 1 aromatic heterocycles. The molecule has 1 aromatic carbocycles. The monoisotopic (exact) mass is 300 g/mol. The Morgan fingerprint density at radius 1 is 1.33 bits per heavy atom. The number of benzene rings is 1. The largest absolute Gasteiger partial charge is 0.356 e. The molecule has 1 fully saturated rings. The number of alkyl halides is 1. The quantitative estimate of drug-likeness (QED) is 0.668. The molecule has 3 unspecified atom stereocenters. The summed E-state index contributed by atoms with van der Waals surface area (Å²) in [5, 5.41) is 4.80. The zero-order valence-corrected chi connectivity index (χ0v) is 12.3. The first-order chi connectivity index (χ1) is 10.3. The fraction of sp³-hybridized carbons (Fsp3) is 0.294. The summed E-state index contributed by atoms with van der Waals surface area (Å²) in [7, 11) is 0. The van der Waals surface area contributed by atoms with Crippen molar-refractivity contribution in [1.82, 2.24) is 10.3 Å². The highest BCUT2D eigenvalue weighted by Gasteiger charge is 2.41. The van der Waals surface area contributed by atoms with E-state index >= 15 is 0 Å². The lowest BCUT2D eigenvalue weighted by Gasteiger charge is -2.10. The van der Waals surface area contributed by atoms with Crippen LogP contribution in [0.2, 0.25) is 0 Å². The summed E-state index contributed by atoms with van der Waals surface area (Å²) < 4.78 is 5.73. The second-order valence-electron chi connectivity index (χ2n) is 5.56. The van der Waals surface area contributed by atoms with Gasteiger partial charge in [0.15, 0.2) is 0 Å². The van der Waals surface area contributed by atoms with Crippen LogP contribution in [0.5, 0.6) is 0 Å². The highest BCUT2D eigenvalue weighted by molar-refractivity contribution is 6.22. The Kier molecular flexibility index (Phi) is 3.34. The van der Waals surface area contributed by atoms with Gasteiger partial charge in [-0.25, -0.2) is 0 Å². The second-order valence-corrected chi connectivity index (χ2v) is 6.12. The van der Waals surface area contributed by atoms with E-state index in [1.807, 2.05) is 12.1 Å². The molecule has 1 aliphatic carbocycles. The SMILES string of the molecule is ClC1C=CC(CNC2OC2c2cc3ccccc3[nH]2)=CC1. The van der Waals surface area contributed by atoms with Crippen LogP contribution in [0.3, 0.4) is 0 Å². The Morgan fingerprint density at radius 2 is 2.24 bits per heavy atom. The first kappa shape index (κ1) is 13.1. The van der Waals surface area contributed by atoms with E-state index < -0.39 is 0 Å². The summed E-state index contributed by atoms with van der Waals surface area (Å²) in [4.78, 5) is 3.42. The van der Waals surface area contributed by atoms with Crippen LogP contribution in [0.1, 0.15) is 18.2 Å². The van der Waals surface area contributed by atoms with E-state index in [-0.39, 0.29) is 17.7 Å². The van der Waals surface area contributed by atoms with Crippen LogP contribution < -0.4 is 5.32 Å². The molecule has 0 spiro atoms. The molecule has 3 nitrogen and oxygen atoms in total. The third-order valence-corrected chi connectivity index (χ3v) is 4.30. The van der Waals surface area contributed by atoms with E-state index in [0.717, 1.165) is 24.2 Å². The maximum absolute atomic E-state index is 6.02. The number of aromatic amines is 1. The Hall–Kier alpha value is -1.55. The first-order valence-corrected chi connectivity index (χ1v) is 7.71. The number of nitrogens with one attached hydrogen (secondary N) is 2. The minimum absolute atomic E-state index is 0.0982. The van der Waals surface area contributed by atoms with Crippen LogP contribution in [0.25, 0.3) is 10.9 Å². The Bertz CT molecular complexity index is 685. The van der Waals surface area contributed by atoms with E-state index in [0.29, 0.717) is 0 Å². The van der Waals surface area contributed by atoms with E-state index in [9.17, 15) is 0 Å². The Morgan fingerprint density at radius 3 is 3.05 bits per heavy atom. The lowest BCUT2D eigenvalue weighted by atomic mass is 10.1. The van der Waals surface area contributed by atoms with Gasteiger partial charge in [0.25, 0.3) is 0 Å². The zero-order chi connectivity index (χ0) is 14.2. The van der Waals surface area contributed by atoms with Gasteiger partial charge in [0.05, 0.1) is 5.38 Å². The van der Waals surface area contributed by atoms with Crippen LogP contribution in [-0.2, 0) is 4.74 Å². The van der Waals surface area contributed by atoms with E-state index in [2.05, 4.69) is 46.7 Å². The van der Waals surface area contributed by atoms with E-state index in [1.54, 1.807) is 0 Å². The molecule has 108 valence electrons. The fourth-order valence-electron chi connectivity index (χ4n) is 2.74. The van der Waals surface area contributed by atoms with Gasteiger partial charge in [0.2, 0.25) is 0 Å². The van der Waals surface area contributed by atoms with Crippen molar-refractivity contribution in [3.8, 4) is 0 Å². The predicted octanol–water partition coefficient (Wildman–Crippen LogP) is 3.65. The summed E-state index contributed by atoms with van der Waals surface area (Å²) in [5.41, 5.74) is 3.58. The molecule has 2 N–H and O–H groups in total. The number of halogens is 1. The molecule has 0 amide bonds. The molecule has 2 aliphatic rings. The minimum Gasteiger partial charge on any atom is -0.356 e. The average molecular weight is 301 g/mol. The van der Waals surface area contributed by atoms with Crippen molar-refractivity contribution >= 4 is 22.5 Å². The molecule has 4 rings (SSSR count). The van der Waals surface area contributed by atoms with Gasteiger partial charge in [-0.05, 0) is 29.5 Å². The molecule has 21 heavy (non-hydrogen) atoms. The smallest absolute Gasteiger partial charge is 0.141 e. The normalized spacial score (nSPS) is 27.9. The van der Waals surface area contributed by atoms with Crippen LogP contribution in [0.15, 0.2) is 54.1 Å². The van der Waals surface area contributed by atoms with E-state index in [4.69, 9.17) is 16.3 Å². The molecule has 3 atom stereocenters. The molecule has 4 heteroatoms. The first-order valence-electron chi connectivity index (χ1n) is 7.27. The molecule has 0 saturated carbocycles. The van der Waals surface area contributed by atoms with Crippen molar-refractivity contribution in [2.45, 2.75) is 24.1 Å². The fourth-order valence-corrected chi connectivity index (χ4v) is 2.90. The van der Waals surface area contributed by atoms with E-state index in [1.165, 1.54) is 11.0 Å². The van der Waals surface area contributed by atoms with Gasteiger partial charge in [-0.3, -0.25) is 5.32 Å². The van der Waals surface area contributed by atoms with Gasteiger partial charge in [0.1, 0.15) is 12.3 Å². The second kappa shape index (κ2) is 5.34. The number of allylic oxidation sites excluding steroid dienone is 2. The maximum Gasteiger partial charge on any atom is 0.141 e. The summed E-state index contributed by atoms with van der Waals surface area (Å²) in [6.45, 7) is 0.821. The standard InChI is InChI=1S/C17H17ClN2O/c18-13-7-5-11(6-8-13)10-19-17-16(21-17)15-9-12-3-1-2-4-14(12)20-15/h1-7,9,13,16-17,19-20H,8,10H2. The Balaban J connectivity index is 1.36. The number of fused-ring (bicyclic) bond motifs is 1. The van der Waals surface area contributed by atoms with Crippen molar-refractivity contribution in [3.05, 3.63) is 59.8 Å². The topological polar surface area (TPSA) is 40.3 Å². The summed E-state index contributed by atoms with van der Waals surface area (Å²) >= 11 is 6.02. The van der Waals surface area contributed by atoms with Crippen molar-refractivity contribution in [2.75, 3.05) is 6.54 Å². The molecule has 0 radical (unpaired) electrons. The minimum atomic E-state index is 0.0982. The summed E-state index contributed by atoms with van der Waals surface area (Å²) in [6.07, 6.45) is 7.46. The van der Waals surface area contributed by atoms with Crippen LogP contribution in [0, 0.1) is 0 Å². The van der Waals surface area contributed by atoms with Gasteiger partial charge in [-0.1, -0.05) is 36.4 Å². The van der Waals surface area contributed by atoms with Crippen molar-refractivity contribution in [3.63, 3.8) is 0 Å². The van der Waals surface area contributed by atoms with Gasteiger partial charge in [-0.15, -0.1) is 11.6 Å². The van der Waals surface area contributed by atoms with Gasteiger partial charge in [0, 0.05) is 17.8 Å². The highest BCUT2D eigenvalue weighted by atomic mass is 35.5. The number of hydrogen-bond acceptors (Lipinski definition) is 2. The number of ether oxygens (including phenoxy) is 1. The van der Waals surface area contributed by atoms with Gasteiger partial charge < -0.3 is 9.72 Å². The van der Waals surface area contributed by atoms with Crippen LogP contribution in [-0.4, -0.2) is 23.1 Å². The third-order valence-electron chi connectivity index (χ3n) is 3.98. The van der Waals surface area contributed by atoms with Crippen molar-refractivity contribution < 1.29 is 4.74 Å². The Labute approximate surface area is 128 Å². The number of aromatic nitrogens is 1. The lowest BCUT2D eigenvalue weighted by Crippen LogP contribution is -2.21. The van der Waals surface area contributed by atoms with Crippen LogP contribution in [0.4, 0.5) is 0 Å². The molecule has 2 aromatic rings. The van der Waals surface area contributed by atoms with Gasteiger partial charge in [-0.2, -0.15) is 0 Å². The van der Waals surface area contributed by atoms with Crippen LogP contribution >= 0.6 is 11.6 Å². The number of epoxide rings is 1. The highest BCUT2D eigenvalue weighted by Crippen LogP contribution is 2.37. The maximum atomic E-state index is 6.02.